The number of hydrogen-bond acceptors (Lipinski definition) is 4. The standard InChI is InChI=1S/C11H14FNO3/c12-8-3-1-7(2-4-8)11(6-14)10(16)9(15)5-13-11/h1-4,9-10,13-16H,5-6H2/t9-,10+,11+/m0/s1. The predicted octanol–water partition coefficient (Wildman–Crippen LogP) is -0.662. The van der Waals surface area contributed by atoms with Gasteiger partial charge < -0.3 is 20.6 Å². The Bertz CT molecular complexity index is 370. The van der Waals surface area contributed by atoms with Gasteiger partial charge in [-0.2, -0.15) is 0 Å². The zero-order valence-electron chi connectivity index (χ0n) is 8.60. The van der Waals surface area contributed by atoms with Crippen molar-refractivity contribution in [2.75, 3.05) is 13.2 Å². The van der Waals surface area contributed by atoms with Crippen LogP contribution in [0.2, 0.25) is 0 Å². The third-order valence-electron chi connectivity index (χ3n) is 3.10. The molecular formula is C11H14FNO3. The lowest BCUT2D eigenvalue weighted by Crippen LogP contribution is -2.49. The summed E-state index contributed by atoms with van der Waals surface area (Å²) in [6, 6.07) is 5.48. The molecule has 0 amide bonds. The molecule has 1 aromatic rings. The molecule has 1 saturated heterocycles. The molecule has 88 valence electrons. The highest BCUT2D eigenvalue weighted by atomic mass is 19.1. The smallest absolute Gasteiger partial charge is 0.123 e. The molecule has 5 heteroatoms. The first kappa shape index (κ1) is 11.5. The van der Waals surface area contributed by atoms with Gasteiger partial charge in [0, 0.05) is 6.54 Å². The number of rotatable bonds is 2. The summed E-state index contributed by atoms with van der Waals surface area (Å²) in [7, 11) is 0. The molecule has 0 spiro atoms. The van der Waals surface area contributed by atoms with Gasteiger partial charge in [-0.3, -0.25) is 0 Å². The van der Waals surface area contributed by atoms with Crippen LogP contribution in [0.25, 0.3) is 0 Å². The maximum absolute atomic E-state index is 12.8. The summed E-state index contributed by atoms with van der Waals surface area (Å²) in [5, 5.41) is 31.6. The van der Waals surface area contributed by atoms with Crippen LogP contribution in [0.1, 0.15) is 5.56 Å². The van der Waals surface area contributed by atoms with E-state index in [1.54, 1.807) is 0 Å². The number of nitrogens with one attached hydrogen (secondary N) is 1. The van der Waals surface area contributed by atoms with Crippen LogP contribution >= 0.6 is 0 Å². The third kappa shape index (κ3) is 1.62. The Balaban J connectivity index is 2.38. The van der Waals surface area contributed by atoms with Gasteiger partial charge in [-0.05, 0) is 17.7 Å². The first-order valence-electron chi connectivity index (χ1n) is 5.08. The van der Waals surface area contributed by atoms with E-state index >= 15 is 0 Å². The minimum atomic E-state index is -1.11. The van der Waals surface area contributed by atoms with Crippen LogP contribution in [0.5, 0.6) is 0 Å². The zero-order valence-corrected chi connectivity index (χ0v) is 8.60. The normalized spacial score (nSPS) is 34.2. The Labute approximate surface area is 92.3 Å². The fourth-order valence-corrected chi connectivity index (χ4v) is 2.09. The number of hydrogen-bond donors (Lipinski definition) is 4. The molecule has 0 aliphatic carbocycles. The van der Waals surface area contributed by atoms with Gasteiger partial charge in [0.25, 0.3) is 0 Å². The van der Waals surface area contributed by atoms with Gasteiger partial charge in [0.15, 0.2) is 0 Å². The summed E-state index contributed by atoms with van der Waals surface area (Å²) < 4.78 is 12.8. The summed E-state index contributed by atoms with van der Waals surface area (Å²) in [4.78, 5) is 0. The molecule has 1 fully saturated rings. The molecule has 0 radical (unpaired) electrons. The summed E-state index contributed by atoms with van der Waals surface area (Å²) in [6.07, 6.45) is -2.04. The number of aliphatic hydroxyl groups is 3. The zero-order chi connectivity index (χ0) is 11.8. The van der Waals surface area contributed by atoms with Crippen LogP contribution in [0.4, 0.5) is 4.39 Å². The van der Waals surface area contributed by atoms with Gasteiger partial charge in [0.1, 0.15) is 11.9 Å². The van der Waals surface area contributed by atoms with Crippen LogP contribution in [0.15, 0.2) is 24.3 Å². The Morgan fingerprint density at radius 2 is 1.94 bits per heavy atom. The second-order valence-corrected chi connectivity index (χ2v) is 4.03. The molecular weight excluding hydrogens is 213 g/mol. The van der Waals surface area contributed by atoms with Gasteiger partial charge in [-0.1, -0.05) is 12.1 Å². The van der Waals surface area contributed by atoms with Crippen LogP contribution in [0.3, 0.4) is 0 Å². The maximum Gasteiger partial charge on any atom is 0.123 e. The lowest BCUT2D eigenvalue weighted by Gasteiger charge is -2.31. The molecule has 0 aromatic heterocycles. The number of aliphatic hydroxyl groups excluding tert-OH is 3. The van der Waals surface area contributed by atoms with Crippen LogP contribution < -0.4 is 5.32 Å². The summed E-state index contributed by atoms with van der Waals surface area (Å²) in [6.45, 7) is -0.171. The van der Waals surface area contributed by atoms with Crippen LogP contribution in [0, 0.1) is 5.82 Å². The monoisotopic (exact) mass is 227 g/mol. The van der Waals surface area contributed by atoms with E-state index in [0.29, 0.717) is 5.56 Å². The molecule has 4 N–H and O–H groups in total. The van der Waals surface area contributed by atoms with Crippen molar-refractivity contribution < 1.29 is 19.7 Å². The Kier molecular flexibility index (Phi) is 2.94. The molecule has 0 bridgehead atoms. The van der Waals surface area contributed by atoms with Crippen LogP contribution in [-0.4, -0.2) is 40.7 Å². The van der Waals surface area contributed by atoms with E-state index in [0.717, 1.165) is 0 Å². The molecule has 1 aliphatic heterocycles. The molecule has 4 nitrogen and oxygen atoms in total. The molecule has 0 unspecified atom stereocenters. The molecule has 3 atom stereocenters. The van der Waals surface area contributed by atoms with Crippen molar-refractivity contribution >= 4 is 0 Å². The van der Waals surface area contributed by atoms with Crippen molar-refractivity contribution in [1.29, 1.82) is 0 Å². The van der Waals surface area contributed by atoms with Gasteiger partial charge in [-0.25, -0.2) is 4.39 Å². The summed E-state index contributed by atoms with van der Waals surface area (Å²) in [5.41, 5.74) is -0.548. The van der Waals surface area contributed by atoms with E-state index in [1.807, 2.05) is 0 Å². The molecule has 1 aromatic carbocycles. The molecule has 16 heavy (non-hydrogen) atoms. The van der Waals surface area contributed by atoms with Crippen LogP contribution in [-0.2, 0) is 5.54 Å². The second-order valence-electron chi connectivity index (χ2n) is 4.03. The molecule has 1 aliphatic rings. The lowest BCUT2D eigenvalue weighted by molar-refractivity contribution is -0.0110. The number of benzene rings is 1. The first-order chi connectivity index (χ1) is 7.60. The van der Waals surface area contributed by atoms with Gasteiger partial charge in [-0.15, -0.1) is 0 Å². The number of β-amino-alcohol motifs (C(OH)–C–C–N with tert-alkyl or cyclic N) is 1. The van der Waals surface area contributed by atoms with E-state index < -0.39 is 17.7 Å². The molecule has 0 saturated carbocycles. The fourth-order valence-electron chi connectivity index (χ4n) is 2.09. The fraction of sp³-hybridized carbons (Fsp3) is 0.455. The maximum atomic E-state index is 12.8. The largest absolute Gasteiger partial charge is 0.394 e. The van der Waals surface area contributed by atoms with E-state index in [9.17, 15) is 19.7 Å². The van der Waals surface area contributed by atoms with Crippen molar-refractivity contribution in [3.05, 3.63) is 35.6 Å². The average molecular weight is 227 g/mol. The topological polar surface area (TPSA) is 72.7 Å². The summed E-state index contributed by atoms with van der Waals surface area (Å²) >= 11 is 0. The van der Waals surface area contributed by atoms with E-state index in [2.05, 4.69) is 5.32 Å². The quantitative estimate of drug-likeness (QED) is 0.541. The van der Waals surface area contributed by atoms with E-state index in [1.165, 1.54) is 24.3 Å². The van der Waals surface area contributed by atoms with Crippen molar-refractivity contribution in [3.8, 4) is 0 Å². The SMILES string of the molecule is OC[C@]1(c2ccc(F)cc2)NC[C@H](O)[C@H]1O. The predicted molar refractivity (Wildman–Crippen MR) is 55.2 cm³/mol. The van der Waals surface area contributed by atoms with Gasteiger partial charge in [0.2, 0.25) is 0 Å². The van der Waals surface area contributed by atoms with E-state index in [4.69, 9.17) is 0 Å². The van der Waals surface area contributed by atoms with Crippen molar-refractivity contribution in [2.24, 2.45) is 0 Å². The highest BCUT2D eigenvalue weighted by Crippen LogP contribution is 2.31. The van der Waals surface area contributed by atoms with Crippen molar-refractivity contribution in [2.45, 2.75) is 17.7 Å². The highest BCUT2D eigenvalue weighted by Gasteiger charge is 2.47. The minimum absolute atomic E-state index is 0.194. The first-order valence-corrected chi connectivity index (χ1v) is 5.08. The number of halogens is 1. The Hall–Kier alpha value is -1.01. The molecule has 2 rings (SSSR count). The van der Waals surface area contributed by atoms with Crippen molar-refractivity contribution in [3.63, 3.8) is 0 Å². The second kappa shape index (κ2) is 4.10. The lowest BCUT2D eigenvalue weighted by atomic mass is 9.86. The Morgan fingerprint density at radius 3 is 2.38 bits per heavy atom. The third-order valence-corrected chi connectivity index (χ3v) is 3.10. The molecule has 1 heterocycles. The average Bonchev–Trinajstić information content (AvgIpc) is 2.59. The van der Waals surface area contributed by atoms with Crippen molar-refractivity contribution in [1.82, 2.24) is 5.32 Å². The minimum Gasteiger partial charge on any atom is -0.394 e. The highest BCUT2D eigenvalue weighted by molar-refractivity contribution is 5.29. The van der Waals surface area contributed by atoms with Gasteiger partial charge >= 0.3 is 0 Å². The Morgan fingerprint density at radius 1 is 1.31 bits per heavy atom. The summed E-state index contributed by atoms with van der Waals surface area (Å²) in [5.74, 6) is -0.384. The van der Waals surface area contributed by atoms with E-state index in [-0.39, 0.29) is 19.0 Å². The van der Waals surface area contributed by atoms with Gasteiger partial charge in [0.05, 0.1) is 18.2 Å².